The van der Waals surface area contributed by atoms with Gasteiger partial charge in [-0.2, -0.15) is 9.61 Å². The van der Waals surface area contributed by atoms with Crippen molar-refractivity contribution in [2.24, 2.45) is 0 Å². The van der Waals surface area contributed by atoms with Crippen molar-refractivity contribution in [1.29, 1.82) is 0 Å². The quantitative estimate of drug-likeness (QED) is 0.548. The van der Waals surface area contributed by atoms with E-state index in [9.17, 15) is 4.79 Å². The SMILES string of the molecule is CCc1nn2c(nnc3c(=O)n(C4CCCCC4)cnc32)c1-c1ccccc1. The molecule has 1 aromatic carbocycles. The summed E-state index contributed by atoms with van der Waals surface area (Å²) in [6.07, 6.45) is 8.00. The van der Waals surface area contributed by atoms with E-state index in [2.05, 4.69) is 22.1 Å². The Morgan fingerprint density at radius 3 is 2.57 bits per heavy atom. The topological polar surface area (TPSA) is 78.0 Å². The van der Waals surface area contributed by atoms with E-state index in [1.807, 2.05) is 30.3 Å². The van der Waals surface area contributed by atoms with Crippen molar-refractivity contribution < 1.29 is 0 Å². The first kappa shape index (κ1) is 17.0. The van der Waals surface area contributed by atoms with Crippen molar-refractivity contribution in [1.82, 2.24) is 29.4 Å². The fraction of sp³-hybridized carbons (Fsp3) is 0.381. The predicted molar refractivity (Wildman–Crippen MR) is 107 cm³/mol. The third-order valence-corrected chi connectivity index (χ3v) is 5.70. The molecular weight excluding hydrogens is 352 g/mol. The highest BCUT2D eigenvalue weighted by atomic mass is 16.1. The lowest BCUT2D eigenvalue weighted by Crippen LogP contribution is -2.28. The molecule has 0 radical (unpaired) electrons. The number of rotatable bonds is 3. The number of aromatic nitrogens is 6. The van der Waals surface area contributed by atoms with Gasteiger partial charge in [-0.05, 0) is 24.8 Å². The lowest BCUT2D eigenvalue weighted by molar-refractivity contribution is 0.344. The lowest BCUT2D eigenvalue weighted by atomic mass is 9.95. The third kappa shape index (κ3) is 2.61. The number of aryl methyl sites for hydroxylation is 1. The van der Waals surface area contributed by atoms with Crippen LogP contribution in [0.1, 0.15) is 50.8 Å². The Morgan fingerprint density at radius 1 is 1.04 bits per heavy atom. The summed E-state index contributed by atoms with van der Waals surface area (Å²) in [4.78, 5) is 17.7. The average Bonchev–Trinajstić information content (AvgIpc) is 3.14. The van der Waals surface area contributed by atoms with Crippen molar-refractivity contribution in [3.05, 3.63) is 52.7 Å². The highest BCUT2D eigenvalue weighted by Gasteiger charge is 2.22. The van der Waals surface area contributed by atoms with E-state index >= 15 is 0 Å². The van der Waals surface area contributed by atoms with Gasteiger partial charge in [0.15, 0.2) is 16.8 Å². The smallest absolute Gasteiger partial charge is 0.283 e. The summed E-state index contributed by atoms with van der Waals surface area (Å²) < 4.78 is 3.42. The molecular formula is C21H22N6O. The number of hydrogen-bond acceptors (Lipinski definition) is 5. The minimum absolute atomic E-state index is 0.124. The molecule has 3 aromatic heterocycles. The zero-order valence-electron chi connectivity index (χ0n) is 15.9. The number of hydrogen-bond donors (Lipinski definition) is 0. The summed E-state index contributed by atoms with van der Waals surface area (Å²) in [5.41, 5.74) is 4.18. The first-order chi connectivity index (χ1) is 13.8. The average molecular weight is 374 g/mol. The van der Waals surface area contributed by atoms with Crippen molar-refractivity contribution in [2.75, 3.05) is 0 Å². The Kier molecular flexibility index (Phi) is 4.15. The van der Waals surface area contributed by atoms with Gasteiger partial charge >= 0.3 is 0 Å². The Hall–Kier alpha value is -3.09. The second-order valence-corrected chi connectivity index (χ2v) is 7.40. The molecule has 28 heavy (non-hydrogen) atoms. The second kappa shape index (κ2) is 6.82. The summed E-state index contributed by atoms with van der Waals surface area (Å²) in [6, 6.07) is 10.3. The van der Waals surface area contributed by atoms with E-state index in [1.54, 1.807) is 15.4 Å². The Labute approximate surface area is 162 Å². The number of nitrogens with zero attached hydrogens (tertiary/aromatic N) is 6. The molecule has 0 N–H and O–H groups in total. The molecule has 0 saturated heterocycles. The molecule has 0 unspecified atom stereocenters. The molecule has 7 nitrogen and oxygen atoms in total. The zero-order valence-corrected chi connectivity index (χ0v) is 15.9. The van der Waals surface area contributed by atoms with Crippen LogP contribution in [0.4, 0.5) is 0 Å². The van der Waals surface area contributed by atoms with Crippen LogP contribution in [0.15, 0.2) is 41.5 Å². The first-order valence-corrected chi connectivity index (χ1v) is 9.98. The van der Waals surface area contributed by atoms with Crippen molar-refractivity contribution in [3.8, 4) is 11.1 Å². The van der Waals surface area contributed by atoms with Gasteiger partial charge in [-0.1, -0.05) is 56.5 Å². The van der Waals surface area contributed by atoms with Crippen molar-refractivity contribution >= 4 is 16.8 Å². The van der Waals surface area contributed by atoms with Crippen LogP contribution in [0, 0.1) is 0 Å². The molecule has 142 valence electrons. The fourth-order valence-corrected chi connectivity index (χ4v) is 4.25. The molecule has 7 heteroatoms. The molecule has 0 bridgehead atoms. The van der Waals surface area contributed by atoms with Crippen LogP contribution in [-0.2, 0) is 6.42 Å². The number of fused-ring (bicyclic) bond motifs is 3. The van der Waals surface area contributed by atoms with Gasteiger partial charge < -0.3 is 0 Å². The van der Waals surface area contributed by atoms with E-state index < -0.39 is 0 Å². The Balaban J connectivity index is 1.74. The Morgan fingerprint density at radius 2 is 1.82 bits per heavy atom. The van der Waals surface area contributed by atoms with Crippen LogP contribution in [-0.4, -0.2) is 29.4 Å². The van der Waals surface area contributed by atoms with Gasteiger partial charge in [0.1, 0.15) is 6.33 Å². The lowest BCUT2D eigenvalue weighted by Gasteiger charge is -2.23. The van der Waals surface area contributed by atoms with Crippen LogP contribution < -0.4 is 5.56 Å². The first-order valence-electron chi connectivity index (χ1n) is 9.98. The molecule has 1 fully saturated rings. The van der Waals surface area contributed by atoms with Crippen molar-refractivity contribution in [3.63, 3.8) is 0 Å². The zero-order chi connectivity index (χ0) is 19.1. The van der Waals surface area contributed by atoms with Gasteiger partial charge in [0.05, 0.1) is 11.3 Å². The van der Waals surface area contributed by atoms with Gasteiger partial charge in [0.2, 0.25) is 0 Å². The van der Waals surface area contributed by atoms with E-state index in [1.165, 1.54) is 6.42 Å². The van der Waals surface area contributed by atoms with E-state index in [0.717, 1.165) is 48.9 Å². The summed E-state index contributed by atoms with van der Waals surface area (Å²) in [5, 5.41) is 13.4. The van der Waals surface area contributed by atoms with E-state index in [0.29, 0.717) is 11.3 Å². The maximum atomic E-state index is 13.1. The highest BCUT2D eigenvalue weighted by molar-refractivity contribution is 5.83. The minimum Gasteiger partial charge on any atom is -0.294 e. The summed E-state index contributed by atoms with van der Waals surface area (Å²) in [6.45, 7) is 2.06. The van der Waals surface area contributed by atoms with Crippen LogP contribution in [0.3, 0.4) is 0 Å². The molecule has 1 saturated carbocycles. The maximum Gasteiger partial charge on any atom is 0.283 e. The second-order valence-electron chi connectivity index (χ2n) is 7.40. The molecule has 0 aliphatic heterocycles. The molecule has 0 spiro atoms. The normalized spacial score (nSPS) is 15.5. The van der Waals surface area contributed by atoms with Gasteiger partial charge in [-0.25, -0.2) is 4.98 Å². The summed E-state index contributed by atoms with van der Waals surface area (Å²) in [7, 11) is 0. The van der Waals surface area contributed by atoms with E-state index in [4.69, 9.17) is 5.10 Å². The van der Waals surface area contributed by atoms with Crippen LogP contribution >= 0.6 is 0 Å². The number of benzene rings is 1. The molecule has 4 aromatic rings. The maximum absolute atomic E-state index is 13.1. The molecule has 0 atom stereocenters. The fourth-order valence-electron chi connectivity index (χ4n) is 4.25. The summed E-state index contributed by atoms with van der Waals surface area (Å²) in [5.74, 6) is 0. The monoisotopic (exact) mass is 374 g/mol. The van der Waals surface area contributed by atoms with E-state index in [-0.39, 0.29) is 17.1 Å². The Bertz CT molecular complexity index is 1200. The van der Waals surface area contributed by atoms with Gasteiger partial charge in [-0.3, -0.25) is 9.36 Å². The largest absolute Gasteiger partial charge is 0.294 e. The third-order valence-electron chi connectivity index (χ3n) is 5.70. The molecule has 1 aliphatic carbocycles. The minimum atomic E-state index is -0.124. The summed E-state index contributed by atoms with van der Waals surface area (Å²) >= 11 is 0. The van der Waals surface area contributed by atoms with Gasteiger partial charge in [-0.15, -0.1) is 10.2 Å². The van der Waals surface area contributed by atoms with Gasteiger partial charge in [0.25, 0.3) is 5.56 Å². The van der Waals surface area contributed by atoms with Crippen LogP contribution in [0.2, 0.25) is 0 Å². The standard InChI is InChI=1S/C21H22N6O/c1-2-16-17(14-9-5-3-6-10-14)19-24-23-18-20(27(19)25-16)22-13-26(21(18)28)15-11-7-4-8-12-15/h3,5-6,9-10,13,15H,2,4,7-8,11-12H2,1H3. The van der Waals surface area contributed by atoms with Gasteiger partial charge in [0, 0.05) is 6.04 Å². The molecule has 5 rings (SSSR count). The van der Waals surface area contributed by atoms with Crippen LogP contribution in [0.5, 0.6) is 0 Å². The predicted octanol–water partition coefficient (Wildman–Crippen LogP) is 3.57. The molecule has 3 heterocycles. The van der Waals surface area contributed by atoms with Crippen molar-refractivity contribution in [2.45, 2.75) is 51.5 Å². The molecule has 1 aliphatic rings. The highest BCUT2D eigenvalue weighted by Crippen LogP contribution is 2.29. The van der Waals surface area contributed by atoms with Crippen LogP contribution in [0.25, 0.3) is 27.9 Å². The molecule has 0 amide bonds.